The minimum Gasteiger partial charge on any atom is -0.379 e. The second-order valence-corrected chi connectivity index (χ2v) is 8.59. The Balaban J connectivity index is 1.46. The third kappa shape index (κ3) is 11.2. The summed E-state index contributed by atoms with van der Waals surface area (Å²) < 4.78 is 11.2. The topological polar surface area (TPSA) is 73.1 Å². The standard InChI is InChI=1S/C24H44N6O2/c1-2-24(22-30-15-7-27-11-19-32-20-12-28-8-16-30)4-3-23(1)21-29-13-5-25-9-17-31-18-10-26-6-14-29/h1-4,25-28H,5-22H2. The Labute approximate surface area is 194 Å². The van der Waals surface area contributed by atoms with Crippen molar-refractivity contribution >= 4 is 0 Å². The van der Waals surface area contributed by atoms with Crippen molar-refractivity contribution in [3.8, 4) is 0 Å². The van der Waals surface area contributed by atoms with Gasteiger partial charge in [-0.3, -0.25) is 9.80 Å². The molecule has 8 heteroatoms. The summed E-state index contributed by atoms with van der Waals surface area (Å²) in [5.41, 5.74) is 2.78. The minimum atomic E-state index is 0.792. The Kier molecular flexibility index (Phi) is 13.2. The average Bonchev–Trinajstić information content (AvgIpc) is 2.79. The van der Waals surface area contributed by atoms with Gasteiger partial charge < -0.3 is 30.7 Å². The van der Waals surface area contributed by atoms with Crippen molar-refractivity contribution in [3.63, 3.8) is 0 Å². The largest absolute Gasteiger partial charge is 0.379 e. The Morgan fingerprint density at radius 1 is 0.500 bits per heavy atom. The fourth-order valence-corrected chi connectivity index (χ4v) is 4.04. The summed E-state index contributed by atoms with van der Waals surface area (Å²) in [5.74, 6) is 0. The van der Waals surface area contributed by atoms with Crippen LogP contribution in [0.4, 0.5) is 0 Å². The fraction of sp³-hybridized carbons (Fsp3) is 0.750. The molecular weight excluding hydrogens is 404 g/mol. The van der Waals surface area contributed by atoms with Crippen molar-refractivity contribution in [1.82, 2.24) is 31.1 Å². The molecule has 0 bridgehead atoms. The molecule has 2 aliphatic rings. The van der Waals surface area contributed by atoms with Crippen molar-refractivity contribution in [2.45, 2.75) is 13.1 Å². The Morgan fingerprint density at radius 2 is 0.812 bits per heavy atom. The number of hydrogen-bond donors (Lipinski definition) is 4. The van der Waals surface area contributed by atoms with Crippen molar-refractivity contribution in [2.75, 3.05) is 105 Å². The molecule has 1 aromatic rings. The minimum absolute atomic E-state index is 0.792. The van der Waals surface area contributed by atoms with Gasteiger partial charge in [0.25, 0.3) is 0 Å². The smallest absolute Gasteiger partial charge is 0.0591 e. The van der Waals surface area contributed by atoms with Gasteiger partial charge in [0.15, 0.2) is 0 Å². The lowest BCUT2D eigenvalue weighted by Gasteiger charge is -2.25. The van der Waals surface area contributed by atoms with E-state index < -0.39 is 0 Å². The van der Waals surface area contributed by atoms with Gasteiger partial charge in [0.2, 0.25) is 0 Å². The van der Waals surface area contributed by atoms with E-state index in [9.17, 15) is 0 Å². The first-order chi connectivity index (χ1) is 15.9. The Hall–Kier alpha value is -1.10. The molecule has 3 rings (SSSR count). The summed E-state index contributed by atoms with van der Waals surface area (Å²) in [7, 11) is 0. The molecule has 0 radical (unpaired) electrons. The zero-order valence-corrected chi connectivity index (χ0v) is 19.7. The molecule has 1 aromatic carbocycles. The Bertz CT molecular complexity index is 513. The third-order valence-electron chi connectivity index (χ3n) is 5.95. The van der Waals surface area contributed by atoms with E-state index in [2.05, 4.69) is 55.3 Å². The van der Waals surface area contributed by atoms with E-state index in [1.54, 1.807) is 0 Å². The molecule has 2 saturated heterocycles. The van der Waals surface area contributed by atoms with Crippen LogP contribution in [0.1, 0.15) is 11.1 Å². The summed E-state index contributed by atoms with van der Waals surface area (Å²) in [5, 5.41) is 14.0. The first-order valence-electron chi connectivity index (χ1n) is 12.4. The van der Waals surface area contributed by atoms with E-state index in [-0.39, 0.29) is 0 Å². The van der Waals surface area contributed by atoms with Crippen molar-refractivity contribution in [3.05, 3.63) is 35.4 Å². The van der Waals surface area contributed by atoms with Gasteiger partial charge in [0.05, 0.1) is 26.4 Å². The van der Waals surface area contributed by atoms with E-state index in [4.69, 9.17) is 9.47 Å². The van der Waals surface area contributed by atoms with Crippen LogP contribution in [0, 0.1) is 0 Å². The van der Waals surface area contributed by atoms with Crippen molar-refractivity contribution in [1.29, 1.82) is 0 Å². The average molecular weight is 449 g/mol. The van der Waals surface area contributed by atoms with Gasteiger partial charge in [0.1, 0.15) is 0 Å². The highest BCUT2D eigenvalue weighted by atomic mass is 16.5. The van der Waals surface area contributed by atoms with Crippen LogP contribution in [0.2, 0.25) is 0 Å². The zero-order chi connectivity index (χ0) is 22.1. The van der Waals surface area contributed by atoms with Gasteiger partial charge >= 0.3 is 0 Å². The molecule has 0 aromatic heterocycles. The molecule has 0 unspecified atom stereocenters. The fourth-order valence-electron chi connectivity index (χ4n) is 4.04. The van der Waals surface area contributed by atoms with Crippen LogP contribution in [0.5, 0.6) is 0 Å². The lowest BCUT2D eigenvalue weighted by molar-refractivity contribution is 0.132. The number of benzene rings is 1. The van der Waals surface area contributed by atoms with E-state index in [1.807, 2.05) is 0 Å². The van der Waals surface area contributed by atoms with Crippen LogP contribution in [0.3, 0.4) is 0 Å². The van der Waals surface area contributed by atoms with Gasteiger partial charge in [-0.15, -0.1) is 0 Å². The normalized spacial score (nSPS) is 22.8. The van der Waals surface area contributed by atoms with Crippen molar-refractivity contribution in [2.24, 2.45) is 0 Å². The van der Waals surface area contributed by atoms with Crippen LogP contribution >= 0.6 is 0 Å². The summed E-state index contributed by atoms with van der Waals surface area (Å²) in [6.07, 6.45) is 0. The molecule has 2 fully saturated rings. The lowest BCUT2D eigenvalue weighted by atomic mass is 10.1. The molecule has 4 N–H and O–H groups in total. The highest BCUT2D eigenvalue weighted by Gasteiger charge is 2.09. The summed E-state index contributed by atoms with van der Waals surface area (Å²) >= 11 is 0. The molecule has 0 atom stereocenters. The molecule has 2 aliphatic heterocycles. The number of hydrogen-bond acceptors (Lipinski definition) is 8. The van der Waals surface area contributed by atoms with E-state index in [0.29, 0.717) is 0 Å². The van der Waals surface area contributed by atoms with Crippen LogP contribution in [-0.4, -0.2) is 115 Å². The summed E-state index contributed by atoms with van der Waals surface area (Å²) in [6.45, 7) is 17.1. The monoisotopic (exact) mass is 448 g/mol. The Morgan fingerprint density at radius 3 is 1.12 bits per heavy atom. The molecule has 32 heavy (non-hydrogen) atoms. The maximum Gasteiger partial charge on any atom is 0.0591 e. The van der Waals surface area contributed by atoms with E-state index in [0.717, 1.165) is 118 Å². The van der Waals surface area contributed by atoms with Crippen LogP contribution in [0.25, 0.3) is 0 Å². The van der Waals surface area contributed by atoms with Gasteiger partial charge in [-0.25, -0.2) is 0 Å². The summed E-state index contributed by atoms with van der Waals surface area (Å²) in [4.78, 5) is 5.07. The highest BCUT2D eigenvalue weighted by molar-refractivity contribution is 5.22. The van der Waals surface area contributed by atoms with E-state index >= 15 is 0 Å². The molecule has 2 heterocycles. The first-order valence-corrected chi connectivity index (χ1v) is 12.4. The highest BCUT2D eigenvalue weighted by Crippen LogP contribution is 2.10. The van der Waals surface area contributed by atoms with Crippen LogP contribution < -0.4 is 21.3 Å². The van der Waals surface area contributed by atoms with Gasteiger partial charge in [0, 0.05) is 91.6 Å². The predicted octanol–water partition coefficient (Wildman–Crippen LogP) is -0.291. The lowest BCUT2D eigenvalue weighted by Crippen LogP contribution is -2.39. The third-order valence-corrected chi connectivity index (χ3v) is 5.95. The van der Waals surface area contributed by atoms with Gasteiger partial charge in [-0.2, -0.15) is 0 Å². The molecule has 182 valence electrons. The maximum absolute atomic E-state index is 5.58. The molecule has 0 spiro atoms. The van der Waals surface area contributed by atoms with E-state index in [1.165, 1.54) is 11.1 Å². The van der Waals surface area contributed by atoms with Gasteiger partial charge in [-0.1, -0.05) is 24.3 Å². The second-order valence-electron chi connectivity index (χ2n) is 8.59. The second kappa shape index (κ2) is 16.5. The number of nitrogens with zero attached hydrogens (tertiary/aromatic N) is 2. The first kappa shape index (κ1) is 25.5. The van der Waals surface area contributed by atoms with Crippen LogP contribution in [0.15, 0.2) is 24.3 Å². The number of ether oxygens (including phenoxy) is 2. The molecule has 8 nitrogen and oxygen atoms in total. The molecular formula is C24H44N6O2. The molecule has 0 aliphatic carbocycles. The number of rotatable bonds is 4. The summed E-state index contributed by atoms with van der Waals surface area (Å²) in [6, 6.07) is 9.24. The SMILES string of the molecule is c1cc(CN2CCNCCOCCNCC2)ccc1CN1CCNCCOCCNCC1. The zero-order valence-electron chi connectivity index (χ0n) is 19.7. The van der Waals surface area contributed by atoms with Crippen LogP contribution in [-0.2, 0) is 22.6 Å². The van der Waals surface area contributed by atoms with Gasteiger partial charge in [-0.05, 0) is 11.1 Å². The quantitative estimate of drug-likeness (QED) is 0.501. The number of nitrogens with one attached hydrogen (secondary N) is 4. The maximum atomic E-state index is 5.58. The molecule has 0 amide bonds. The molecule has 0 saturated carbocycles. The van der Waals surface area contributed by atoms with Crippen molar-refractivity contribution < 1.29 is 9.47 Å². The predicted molar refractivity (Wildman–Crippen MR) is 130 cm³/mol.